The molecule has 0 spiro atoms. The summed E-state index contributed by atoms with van der Waals surface area (Å²) in [6.07, 6.45) is 5.49. The molecular formula is C11H20O. The van der Waals surface area contributed by atoms with Gasteiger partial charge in [-0.2, -0.15) is 0 Å². The maximum atomic E-state index is 10.4. The largest absolute Gasteiger partial charge is 0.303 e. The first-order chi connectivity index (χ1) is 5.57. The molecule has 0 bridgehead atoms. The Morgan fingerprint density at radius 3 is 2.33 bits per heavy atom. The molecule has 0 aliphatic rings. The van der Waals surface area contributed by atoms with E-state index in [1.807, 2.05) is 6.92 Å². The van der Waals surface area contributed by atoms with E-state index in [-0.39, 0.29) is 5.92 Å². The van der Waals surface area contributed by atoms with Crippen LogP contribution in [0.5, 0.6) is 0 Å². The van der Waals surface area contributed by atoms with Crippen molar-refractivity contribution in [1.82, 2.24) is 0 Å². The van der Waals surface area contributed by atoms with Gasteiger partial charge in [-0.25, -0.2) is 0 Å². The Morgan fingerprint density at radius 1 is 1.33 bits per heavy atom. The van der Waals surface area contributed by atoms with Gasteiger partial charge in [-0.05, 0) is 32.6 Å². The molecule has 1 heteroatoms. The molecule has 0 fully saturated rings. The number of aldehydes is 1. The summed E-state index contributed by atoms with van der Waals surface area (Å²) in [5, 5.41) is 0. The molecule has 0 heterocycles. The normalized spacial score (nSPS) is 15.0. The molecule has 1 nitrogen and oxygen atoms in total. The summed E-state index contributed by atoms with van der Waals surface area (Å²) in [4.78, 5) is 10.4. The summed E-state index contributed by atoms with van der Waals surface area (Å²) in [7, 11) is 0. The van der Waals surface area contributed by atoms with Gasteiger partial charge in [0.25, 0.3) is 0 Å². The van der Waals surface area contributed by atoms with Crippen LogP contribution in [0, 0.1) is 11.8 Å². The SMILES string of the molecule is CC(C)=CCC[C@@H](C)[C@@H](C)C=O. The Bertz CT molecular complexity index is 154. The van der Waals surface area contributed by atoms with E-state index in [0.29, 0.717) is 5.92 Å². The van der Waals surface area contributed by atoms with Crippen molar-refractivity contribution in [2.45, 2.75) is 40.5 Å². The fraction of sp³-hybridized carbons (Fsp3) is 0.727. The quantitative estimate of drug-likeness (QED) is 0.455. The summed E-state index contributed by atoms with van der Waals surface area (Å²) in [6, 6.07) is 0. The molecule has 0 saturated carbocycles. The molecule has 0 aliphatic heterocycles. The molecule has 0 aromatic carbocycles. The molecule has 0 aliphatic carbocycles. The van der Waals surface area contributed by atoms with Crippen LogP contribution in [0.15, 0.2) is 11.6 Å². The van der Waals surface area contributed by atoms with E-state index in [0.717, 1.165) is 19.1 Å². The smallest absolute Gasteiger partial charge is 0.123 e. The highest BCUT2D eigenvalue weighted by molar-refractivity contribution is 5.53. The van der Waals surface area contributed by atoms with Gasteiger partial charge >= 0.3 is 0 Å². The van der Waals surface area contributed by atoms with Gasteiger partial charge in [-0.3, -0.25) is 0 Å². The molecule has 70 valence electrons. The van der Waals surface area contributed by atoms with E-state index in [1.54, 1.807) is 0 Å². The lowest BCUT2D eigenvalue weighted by Gasteiger charge is -2.12. The van der Waals surface area contributed by atoms with E-state index >= 15 is 0 Å². The van der Waals surface area contributed by atoms with Gasteiger partial charge < -0.3 is 4.79 Å². The fourth-order valence-corrected chi connectivity index (χ4v) is 1.03. The molecule has 0 rings (SSSR count). The van der Waals surface area contributed by atoms with Gasteiger partial charge in [0.2, 0.25) is 0 Å². The van der Waals surface area contributed by atoms with Crippen LogP contribution in [0.3, 0.4) is 0 Å². The van der Waals surface area contributed by atoms with Crippen molar-refractivity contribution in [3.05, 3.63) is 11.6 Å². The number of rotatable bonds is 5. The monoisotopic (exact) mass is 168 g/mol. The van der Waals surface area contributed by atoms with Gasteiger partial charge in [-0.1, -0.05) is 25.5 Å². The minimum Gasteiger partial charge on any atom is -0.303 e. The van der Waals surface area contributed by atoms with Crippen molar-refractivity contribution in [3.8, 4) is 0 Å². The first-order valence-corrected chi connectivity index (χ1v) is 4.66. The van der Waals surface area contributed by atoms with Gasteiger partial charge in [-0.15, -0.1) is 0 Å². The van der Waals surface area contributed by atoms with E-state index < -0.39 is 0 Å². The Balaban J connectivity index is 3.63. The van der Waals surface area contributed by atoms with E-state index in [4.69, 9.17) is 0 Å². The lowest BCUT2D eigenvalue weighted by molar-refractivity contribution is -0.111. The number of carbonyl (C=O) groups excluding carboxylic acids is 1. The molecule has 0 aromatic heterocycles. The maximum absolute atomic E-state index is 10.4. The molecule has 2 atom stereocenters. The van der Waals surface area contributed by atoms with Gasteiger partial charge in [0.1, 0.15) is 6.29 Å². The van der Waals surface area contributed by atoms with Crippen molar-refractivity contribution < 1.29 is 4.79 Å². The minimum absolute atomic E-state index is 0.204. The van der Waals surface area contributed by atoms with Crippen molar-refractivity contribution in [2.75, 3.05) is 0 Å². The van der Waals surface area contributed by atoms with Crippen LogP contribution in [0.2, 0.25) is 0 Å². The van der Waals surface area contributed by atoms with Crippen LogP contribution < -0.4 is 0 Å². The summed E-state index contributed by atoms with van der Waals surface area (Å²) < 4.78 is 0. The first kappa shape index (κ1) is 11.4. The Hall–Kier alpha value is -0.590. The predicted octanol–water partition coefficient (Wildman–Crippen LogP) is 3.20. The number of allylic oxidation sites excluding steroid dienone is 2. The van der Waals surface area contributed by atoms with Gasteiger partial charge in [0.05, 0.1) is 0 Å². The second-order valence-electron chi connectivity index (χ2n) is 3.83. The molecule has 0 amide bonds. The highest BCUT2D eigenvalue weighted by Gasteiger charge is 2.09. The van der Waals surface area contributed by atoms with Crippen LogP contribution >= 0.6 is 0 Å². The molecule has 0 radical (unpaired) electrons. The molecule has 12 heavy (non-hydrogen) atoms. The third kappa shape index (κ3) is 5.11. The highest BCUT2D eigenvalue weighted by atomic mass is 16.1. The Morgan fingerprint density at radius 2 is 1.92 bits per heavy atom. The molecule has 0 aromatic rings. The number of hydrogen-bond acceptors (Lipinski definition) is 1. The molecular weight excluding hydrogens is 148 g/mol. The summed E-state index contributed by atoms with van der Waals surface area (Å²) in [5.74, 6) is 0.716. The minimum atomic E-state index is 0.204. The van der Waals surface area contributed by atoms with Crippen molar-refractivity contribution in [1.29, 1.82) is 0 Å². The third-order valence-electron chi connectivity index (χ3n) is 2.29. The van der Waals surface area contributed by atoms with E-state index in [1.165, 1.54) is 5.57 Å². The van der Waals surface area contributed by atoms with E-state index in [9.17, 15) is 4.79 Å². The summed E-state index contributed by atoms with van der Waals surface area (Å²) in [6.45, 7) is 8.33. The summed E-state index contributed by atoms with van der Waals surface area (Å²) >= 11 is 0. The van der Waals surface area contributed by atoms with E-state index in [2.05, 4.69) is 26.8 Å². The number of carbonyl (C=O) groups is 1. The first-order valence-electron chi connectivity index (χ1n) is 4.66. The zero-order chi connectivity index (χ0) is 9.56. The number of hydrogen-bond donors (Lipinski definition) is 0. The van der Waals surface area contributed by atoms with Crippen LogP contribution in [0.25, 0.3) is 0 Å². The van der Waals surface area contributed by atoms with Crippen LogP contribution in [0.4, 0.5) is 0 Å². The van der Waals surface area contributed by atoms with Crippen molar-refractivity contribution >= 4 is 6.29 Å². The molecule has 0 saturated heterocycles. The molecule has 0 unspecified atom stereocenters. The zero-order valence-electron chi connectivity index (χ0n) is 8.63. The topological polar surface area (TPSA) is 17.1 Å². The average Bonchev–Trinajstić information content (AvgIpc) is 2.02. The van der Waals surface area contributed by atoms with Crippen LogP contribution in [-0.2, 0) is 4.79 Å². The van der Waals surface area contributed by atoms with Crippen LogP contribution in [0.1, 0.15) is 40.5 Å². The predicted molar refractivity (Wildman–Crippen MR) is 53.1 cm³/mol. The molecule has 0 N–H and O–H groups in total. The second kappa shape index (κ2) is 5.99. The Kier molecular flexibility index (Phi) is 5.69. The van der Waals surface area contributed by atoms with Crippen LogP contribution in [-0.4, -0.2) is 6.29 Å². The zero-order valence-corrected chi connectivity index (χ0v) is 8.63. The van der Waals surface area contributed by atoms with Gasteiger partial charge in [0, 0.05) is 5.92 Å². The Labute approximate surface area is 75.9 Å². The fourth-order valence-electron chi connectivity index (χ4n) is 1.03. The van der Waals surface area contributed by atoms with Crippen molar-refractivity contribution in [2.24, 2.45) is 11.8 Å². The maximum Gasteiger partial charge on any atom is 0.123 e. The third-order valence-corrected chi connectivity index (χ3v) is 2.29. The average molecular weight is 168 g/mol. The second-order valence-corrected chi connectivity index (χ2v) is 3.83. The highest BCUT2D eigenvalue weighted by Crippen LogP contribution is 2.15. The van der Waals surface area contributed by atoms with Gasteiger partial charge in [0.15, 0.2) is 0 Å². The summed E-state index contributed by atoms with van der Waals surface area (Å²) in [5.41, 5.74) is 1.36. The standard InChI is InChI=1S/C11H20O/c1-9(2)6-5-7-10(3)11(4)8-12/h6,8,10-11H,5,7H2,1-4H3/t10-,11+/m1/s1. The lowest BCUT2D eigenvalue weighted by atomic mass is 9.92. The van der Waals surface area contributed by atoms with Crippen molar-refractivity contribution in [3.63, 3.8) is 0 Å². The lowest BCUT2D eigenvalue weighted by Crippen LogP contribution is -2.08.